The summed E-state index contributed by atoms with van der Waals surface area (Å²) >= 11 is 3.64. The van der Waals surface area contributed by atoms with Crippen LogP contribution in [0.2, 0.25) is 0 Å². The minimum absolute atomic E-state index is 0.309. The maximum atomic E-state index is 11.0. The fourth-order valence-corrected chi connectivity index (χ4v) is 2.92. The molecule has 0 heterocycles. The summed E-state index contributed by atoms with van der Waals surface area (Å²) < 4.78 is 6.15. The lowest BCUT2D eigenvalue weighted by atomic mass is 10.0. The highest BCUT2D eigenvalue weighted by Gasteiger charge is 2.07. The van der Waals surface area contributed by atoms with E-state index < -0.39 is 0 Å². The highest BCUT2D eigenvalue weighted by Crippen LogP contribution is 2.34. The average Bonchev–Trinajstić information content (AvgIpc) is 2.39. The third-order valence-corrected chi connectivity index (χ3v) is 3.89. The van der Waals surface area contributed by atoms with Crippen molar-refractivity contribution in [1.29, 1.82) is 0 Å². The van der Waals surface area contributed by atoms with Gasteiger partial charge in [-0.15, -0.1) is 0 Å². The van der Waals surface area contributed by atoms with Crippen LogP contribution >= 0.6 is 15.9 Å². The molecule has 2 nitrogen and oxygen atoms in total. The molecule has 0 N–H and O–H groups in total. The van der Waals surface area contributed by atoms with Crippen molar-refractivity contribution in [3.63, 3.8) is 0 Å². The minimum Gasteiger partial charge on any atom is -0.427 e. The van der Waals surface area contributed by atoms with Crippen LogP contribution in [-0.4, -0.2) is 5.97 Å². The summed E-state index contributed by atoms with van der Waals surface area (Å²) in [7, 11) is 0. The molecule has 3 rings (SSSR count). The van der Waals surface area contributed by atoms with E-state index in [2.05, 4.69) is 34.1 Å². The third-order valence-electron chi connectivity index (χ3n) is 3.03. The Bertz CT molecular complexity index is 793. The Kier molecular flexibility index (Phi) is 2.99. The number of halogens is 1. The monoisotopic (exact) mass is 314 g/mol. The zero-order chi connectivity index (χ0) is 13.4. The normalized spacial score (nSPS) is 10.8. The van der Waals surface area contributed by atoms with Crippen molar-refractivity contribution in [3.8, 4) is 5.75 Å². The van der Waals surface area contributed by atoms with Crippen molar-refractivity contribution in [3.05, 3.63) is 53.0 Å². The molecular formula is C16H11BrO2. The van der Waals surface area contributed by atoms with Gasteiger partial charge in [-0.3, -0.25) is 4.79 Å². The van der Waals surface area contributed by atoms with Crippen LogP contribution in [0, 0.1) is 0 Å². The Morgan fingerprint density at radius 3 is 2.53 bits per heavy atom. The molecule has 0 unspecified atom stereocenters. The number of hydrogen-bond donors (Lipinski definition) is 0. The number of hydrogen-bond acceptors (Lipinski definition) is 2. The predicted octanol–water partition coefficient (Wildman–Crippen LogP) is 4.68. The van der Waals surface area contributed by atoms with Gasteiger partial charge in [0.05, 0.1) is 0 Å². The van der Waals surface area contributed by atoms with E-state index in [1.165, 1.54) is 12.3 Å². The molecule has 94 valence electrons. The Balaban J connectivity index is 2.30. The molecule has 3 aromatic carbocycles. The molecule has 0 saturated carbocycles. The van der Waals surface area contributed by atoms with Gasteiger partial charge in [-0.25, -0.2) is 0 Å². The molecule has 0 aliphatic rings. The molecule has 0 bridgehead atoms. The molecule has 3 heteroatoms. The maximum Gasteiger partial charge on any atom is 0.308 e. The van der Waals surface area contributed by atoms with Crippen molar-refractivity contribution in [2.45, 2.75) is 6.92 Å². The van der Waals surface area contributed by atoms with Gasteiger partial charge in [0, 0.05) is 16.8 Å². The van der Waals surface area contributed by atoms with Gasteiger partial charge >= 0.3 is 5.97 Å². The molecule has 0 aliphatic heterocycles. The van der Waals surface area contributed by atoms with Gasteiger partial charge < -0.3 is 4.74 Å². The van der Waals surface area contributed by atoms with Gasteiger partial charge in [-0.1, -0.05) is 30.3 Å². The van der Waals surface area contributed by atoms with Crippen LogP contribution in [0.4, 0.5) is 0 Å². The van der Waals surface area contributed by atoms with E-state index in [9.17, 15) is 4.79 Å². The summed E-state index contributed by atoms with van der Waals surface area (Å²) in [6.07, 6.45) is 0. The number of ether oxygens (including phenoxy) is 1. The van der Waals surface area contributed by atoms with Gasteiger partial charge in [-0.05, 0) is 50.3 Å². The fourth-order valence-electron chi connectivity index (χ4n) is 2.22. The summed E-state index contributed by atoms with van der Waals surface area (Å²) in [5.74, 6) is 0.257. The highest BCUT2D eigenvalue weighted by atomic mass is 79.9. The van der Waals surface area contributed by atoms with Gasteiger partial charge in [-0.2, -0.15) is 0 Å². The summed E-state index contributed by atoms with van der Waals surface area (Å²) in [5, 5.41) is 4.48. The molecule has 0 atom stereocenters. The Hall–Kier alpha value is -1.87. The standard InChI is InChI=1S/C16H11BrO2/c1-10(18)19-13-7-6-12-8-11-4-2-3-5-14(11)16(17)15(12)9-13/h2-9H,1H3. The number of carbonyl (C=O) groups excluding carboxylic acids is 1. The van der Waals surface area contributed by atoms with Gasteiger partial charge in [0.15, 0.2) is 0 Å². The molecule has 0 amide bonds. The largest absolute Gasteiger partial charge is 0.427 e. The van der Waals surface area contributed by atoms with E-state index in [-0.39, 0.29) is 5.97 Å². The lowest BCUT2D eigenvalue weighted by Gasteiger charge is -2.08. The molecule has 0 spiro atoms. The zero-order valence-electron chi connectivity index (χ0n) is 10.3. The van der Waals surface area contributed by atoms with Crippen LogP contribution in [0.1, 0.15) is 6.92 Å². The second kappa shape index (κ2) is 4.67. The molecule has 0 saturated heterocycles. The second-order valence-electron chi connectivity index (χ2n) is 4.39. The Morgan fingerprint density at radius 2 is 1.74 bits per heavy atom. The topological polar surface area (TPSA) is 26.3 Å². The fraction of sp³-hybridized carbons (Fsp3) is 0.0625. The van der Waals surface area contributed by atoms with Crippen LogP contribution < -0.4 is 4.74 Å². The van der Waals surface area contributed by atoms with E-state index >= 15 is 0 Å². The van der Waals surface area contributed by atoms with E-state index in [1.807, 2.05) is 30.3 Å². The van der Waals surface area contributed by atoms with Crippen LogP contribution in [-0.2, 0) is 4.79 Å². The molecular weight excluding hydrogens is 304 g/mol. The quantitative estimate of drug-likeness (QED) is 0.370. The van der Waals surface area contributed by atoms with Crippen molar-refractivity contribution in [1.82, 2.24) is 0 Å². The number of benzene rings is 3. The smallest absolute Gasteiger partial charge is 0.308 e. The molecule has 3 aromatic rings. The van der Waals surface area contributed by atoms with Crippen LogP contribution in [0.15, 0.2) is 53.0 Å². The van der Waals surface area contributed by atoms with E-state index in [0.717, 1.165) is 20.6 Å². The molecule has 0 aliphatic carbocycles. The summed E-state index contributed by atoms with van der Waals surface area (Å²) in [6.45, 7) is 1.40. The molecule has 0 radical (unpaired) electrons. The first-order valence-electron chi connectivity index (χ1n) is 5.94. The van der Waals surface area contributed by atoms with Crippen molar-refractivity contribution in [2.75, 3.05) is 0 Å². The molecule has 19 heavy (non-hydrogen) atoms. The number of esters is 1. The summed E-state index contributed by atoms with van der Waals surface area (Å²) in [5.41, 5.74) is 0. The van der Waals surface area contributed by atoms with E-state index in [1.54, 1.807) is 0 Å². The van der Waals surface area contributed by atoms with Crippen LogP contribution in [0.5, 0.6) is 5.75 Å². The summed E-state index contributed by atoms with van der Waals surface area (Å²) in [4.78, 5) is 11.0. The molecule has 0 aromatic heterocycles. The second-order valence-corrected chi connectivity index (χ2v) is 5.18. The lowest BCUT2D eigenvalue weighted by molar-refractivity contribution is -0.131. The summed E-state index contributed by atoms with van der Waals surface area (Å²) in [6, 6.07) is 16.0. The number of carbonyl (C=O) groups is 1. The lowest BCUT2D eigenvalue weighted by Crippen LogP contribution is -2.00. The minimum atomic E-state index is -0.309. The third kappa shape index (κ3) is 2.22. The highest BCUT2D eigenvalue weighted by molar-refractivity contribution is 9.10. The zero-order valence-corrected chi connectivity index (χ0v) is 11.9. The number of rotatable bonds is 1. The molecule has 0 fully saturated rings. The van der Waals surface area contributed by atoms with E-state index in [4.69, 9.17) is 4.74 Å². The Labute approximate surface area is 119 Å². The average molecular weight is 315 g/mol. The van der Waals surface area contributed by atoms with Crippen molar-refractivity contribution in [2.24, 2.45) is 0 Å². The van der Waals surface area contributed by atoms with Gasteiger partial charge in [0.25, 0.3) is 0 Å². The Morgan fingerprint density at radius 1 is 1.00 bits per heavy atom. The van der Waals surface area contributed by atoms with Crippen LogP contribution in [0.25, 0.3) is 21.5 Å². The van der Waals surface area contributed by atoms with Crippen molar-refractivity contribution < 1.29 is 9.53 Å². The predicted molar refractivity (Wildman–Crippen MR) is 80.5 cm³/mol. The van der Waals surface area contributed by atoms with Crippen LogP contribution in [0.3, 0.4) is 0 Å². The first-order chi connectivity index (χ1) is 9.15. The van der Waals surface area contributed by atoms with E-state index in [0.29, 0.717) is 5.75 Å². The van der Waals surface area contributed by atoms with Gasteiger partial charge in [0.2, 0.25) is 0 Å². The number of fused-ring (bicyclic) bond motifs is 2. The van der Waals surface area contributed by atoms with Gasteiger partial charge in [0.1, 0.15) is 5.75 Å². The first kappa shape index (κ1) is 12.2. The SMILES string of the molecule is CC(=O)Oc1ccc2cc3ccccc3c(Br)c2c1. The first-order valence-corrected chi connectivity index (χ1v) is 6.74. The van der Waals surface area contributed by atoms with Crippen molar-refractivity contribution >= 4 is 43.4 Å². The maximum absolute atomic E-state index is 11.0.